The van der Waals surface area contributed by atoms with Crippen LogP contribution in [0.25, 0.3) is 10.8 Å². The van der Waals surface area contributed by atoms with Crippen molar-refractivity contribution in [3.05, 3.63) is 40.9 Å². The smallest absolute Gasteiger partial charge is 0.260 e. The summed E-state index contributed by atoms with van der Waals surface area (Å²) in [6.07, 6.45) is 1.55. The van der Waals surface area contributed by atoms with Gasteiger partial charge in [0.15, 0.2) is 6.61 Å². The van der Waals surface area contributed by atoms with E-state index in [-0.39, 0.29) is 24.3 Å². The molecule has 1 saturated heterocycles. The van der Waals surface area contributed by atoms with Gasteiger partial charge in [0, 0.05) is 17.6 Å². The van der Waals surface area contributed by atoms with Crippen LogP contribution < -0.4 is 10.5 Å². The quantitative estimate of drug-likeness (QED) is 0.871. The molecule has 0 spiro atoms. The molecule has 1 aliphatic rings. The number of carbonyl (C=O) groups is 2. The maximum absolute atomic E-state index is 12.3. The van der Waals surface area contributed by atoms with Gasteiger partial charge in [-0.05, 0) is 47.9 Å². The monoisotopic (exact) mass is 390 g/mol. The number of piperidine rings is 1. The van der Waals surface area contributed by atoms with Gasteiger partial charge in [0.2, 0.25) is 5.91 Å². The fraction of sp³-hybridized carbons (Fsp3) is 0.333. The second kappa shape index (κ2) is 7.21. The maximum atomic E-state index is 12.3. The standard InChI is InChI=1S/C18H19BrN2O3/c19-15-5-3-13-9-16(6-4-12(13)8-15)24-11-17(22)21-7-1-2-14(10-21)18(20)23/h3-6,8-9,14H,1-2,7,10-11H2,(H2,20,23). The predicted molar refractivity (Wildman–Crippen MR) is 95.6 cm³/mol. The number of likely N-dealkylation sites (tertiary alicyclic amines) is 1. The summed E-state index contributed by atoms with van der Waals surface area (Å²) in [7, 11) is 0. The molecule has 0 aliphatic carbocycles. The molecule has 6 heteroatoms. The molecule has 24 heavy (non-hydrogen) atoms. The average Bonchev–Trinajstić information content (AvgIpc) is 2.59. The molecule has 0 saturated carbocycles. The summed E-state index contributed by atoms with van der Waals surface area (Å²) in [6, 6.07) is 11.7. The lowest BCUT2D eigenvalue weighted by Gasteiger charge is -2.31. The summed E-state index contributed by atoms with van der Waals surface area (Å²) >= 11 is 3.45. The maximum Gasteiger partial charge on any atom is 0.260 e. The number of amides is 2. The van der Waals surface area contributed by atoms with Crippen LogP contribution in [0, 0.1) is 5.92 Å². The summed E-state index contributed by atoms with van der Waals surface area (Å²) in [6.45, 7) is 1.01. The lowest BCUT2D eigenvalue weighted by molar-refractivity contribution is -0.136. The molecule has 1 fully saturated rings. The first-order valence-corrected chi connectivity index (χ1v) is 8.71. The van der Waals surface area contributed by atoms with E-state index in [1.54, 1.807) is 4.90 Å². The molecule has 0 radical (unpaired) electrons. The second-order valence-corrected chi connectivity index (χ2v) is 6.94. The van der Waals surface area contributed by atoms with Crippen molar-refractivity contribution in [3.63, 3.8) is 0 Å². The van der Waals surface area contributed by atoms with Crippen LogP contribution in [0.5, 0.6) is 5.75 Å². The van der Waals surface area contributed by atoms with E-state index < -0.39 is 0 Å². The Kier molecular flexibility index (Phi) is 5.04. The highest BCUT2D eigenvalue weighted by Crippen LogP contribution is 2.24. The van der Waals surface area contributed by atoms with Crippen molar-refractivity contribution in [3.8, 4) is 5.75 Å². The third-order valence-corrected chi connectivity index (χ3v) is 4.81. The van der Waals surface area contributed by atoms with Crippen LogP contribution in [0.1, 0.15) is 12.8 Å². The number of halogens is 1. The van der Waals surface area contributed by atoms with Gasteiger partial charge in [-0.1, -0.05) is 28.1 Å². The van der Waals surface area contributed by atoms with Gasteiger partial charge in [-0.3, -0.25) is 9.59 Å². The van der Waals surface area contributed by atoms with E-state index in [2.05, 4.69) is 15.9 Å². The first-order chi connectivity index (χ1) is 11.5. The molecule has 0 bridgehead atoms. The second-order valence-electron chi connectivity index (χ2n) is 6.02. The molecular weight excluding hydrogens is 372 g/mol. The van der Waals surface area contributed by atoms with Crippen molar-refractivity contribution in [1.29, 1.82) is 0 Å². The summed E-state index contributed by atoms with van der Waals surface area (Å²) < 4.78 is 6.66. The Balaban J connectivity index is 1.61. The van der Waals surface area contributed by atoms with Crippen molar-refractivity contribution >= 4 is 38.5 Å². The van der Waals surface area contributed by atoms with Gasteiger partial charge in [0.25, 0.3) is 5.91 Å². The number of ether oxygens (including phenoxy) is 1. The SMILES string of the molecule is NC(=O)C1CCCN(C(=O)COc2ccc3cc(Br)ccc3c2)C1. The zero-order valence-electron chi connectivity index (χ0n) is 13.2. The molecule has 2 aromatic rings. The van der Waals surface area contributed by atoms with Crippen molar-refractivity contribution in [1.82, 2.24) is 4.90 Å². The van der Waals surface area contributed by atoms with Crippen LogP contribution >= 0.6 is 15.9 Å². The van der Waals surface area contributed by atoms with Crippen molar-refractivity contribution in [2.24, 2.45) is 11.7 Å². The Hall–Kier alpha value is -2.08. The highest BCUT2D eigenvalue weighted by molar-refractivity contribution is 9.10. The number of primary amides is 1. The van der Waals surface area contributed by atoms with Crippen LogP contribution in [-0.4, -0.2) is 36.4 Å². The highest BCUT2D eigenvalue weighted by atomic mass is 79.9. The number of fused-ring (bicyclic) bond motifs is 1. The van der Waals surface area contributed by atoms with Crippen LogP contribution in [0.2, 0.25) is 0 Å². The molecular formula is C18H19BrN2O3. The molecule has 5 nitrogen and oxygen atoms in total. The zero-order chi connectivity index (χ0) is 17.1. The zero-order valence-corrected chi connectivity index (χ0v) is 14.8. The Morgan fingerprint density at radius 2 is 1.96 bits per heavy atom. The minimum Gasteiger partial charge on any atom is -0.484 e. The van der Waals surface area contributed by atoms with Gasteiger partial charge in [-0.25, -0.2) is 0 Å². The number of nitrogens with two attached hydrogens (primary N) is 1. The Labute approximate surface area is 148 Å². The normalized spacial score (nSPS) is 17.7. The molecule has 2 N–H and O–H groups in total. The van der Waals surface area contributed by atoms with E-state index in [0.717, 1.165) is 28.1 Å². The average molecular weight is 391 g/mol. The van der Waals surface area contributed by atoms with E-state index in [1.165, 1.54) is 0 Å². The van der Waals surface area contributed by atoms with Crippen LogP contribution in [0.15, 0.2) is 40.9 Å². The summed E-state index contributed by atoms with van der Waals surface area (Å²) in [5.41, 5.74) is 5.35. The molecule has 1 aliphatic heterocycles. The molecule has 1 atom stereocenters. The fourth-order valence-electron chi connectivity index (χ4n) is 2.96. The van der Waals surface area contributed by atoms with Crippen molar-refractivity contribution in [2.75, 3.05) is 19.7 Å². The molecule has 2 amide bonds. The van der Waals surface area contributed by atoms with E-state index >= 15 is 0 Å². The minimum atomic E-state index is -0.339. The molecule has 126 valence electrons. The third-order valence-electron chi connectivity index (χ3n) is 4.31. The topological polar surface area (TPSA) is 72.6 Å². The van der Waals surface area contributed by atoms with Crippen LogP contribution in [0.4, 0.5) is 0 Å². The first-order valence-electron chi connectivity index (χ1n) is 7.92. The van der Waals surface area contributed by atoms with E-state index in [4.69, 9.17) is 10.5 Å². The minimum absolute atomic E-state index is 0.0342. The molecule has 2 aromatic carbocycles. The van der Waals surface area contributed by atoms with Gasteiger partial charge >= 0.3 is 0 Å². The third kappa shape index (κ3) is 3.87. The predicted octanol–water partition coefficient (Wildman–Crippen LogP) is 2.71. The Morgan fingerprint density at radius 1 is 1.21 bits per heavy atom. The van der Waals surface area contributed by atoms with Crippen LogP contribution in [0.3, 0.4) is 0 Å². The van der Waals surface area contributed by atoms with Gasteiger partial charge in [0.1, 0.15) is 5.75 Å². The van der Waals surface area contributed by atoms with Gasteiger partial charge < -0.3 is 15.4 Å². The molecule has 0 aromatic heterocycles. The Morgan fingerprint density at radius 3 is 2.75 bits per heavy atom. The largest absolute Gasteiger partial charge is 0.484 e. The number of nitrogens with zero attached hydrogens (tertiary/aromatic N) is 1. The van der Waals surface area contributed by atoms with Crippen LogP contribution in [-0.2, 0) is 9.59 Å². The lowest BCUT2D eigenvalue weighted by atomic mass is 9.97. The number of benzene rings is 2. The van der Waals surface area contributed by atoms with Gasteiger partial charge in [0.05, 0.1) is 5.92 Å². The fourth-order valence-corrected chi connectivity index (χ4v) is 3.34. The molecule has 1 heterocycles. The number of carbonyl (C=O) groups excluding carboxylic acids is 2. The summed E-state index contributed by atoms with van der Waals surface area (Å²) in [5.74, 6) is -0.0468. The lowest BCUT2D eigenvalue weighted by Crippen LogP contribution is -2.45. The molecule has 1 unspecified atom stereocenters. The summed E-state index contributed by atoms with van der Waals surface area (Å²) in [4.78, 5) is 25.3. The van der Waals surface area contributed by atoms with E-state index in [1.807, 2.05) is 36.4 Å². The highest BCUT2D eigenvalue weighted by Gasteiger charge is 2.27. The van der Waals surface area contributed by atoms with Crippen molar-refractivity contribution in [2.45, 2.75) is 12.8 Å². The van der Waals surface area contributed by atoms with E-state index in [9.17, 15) is 9.59 Å². The summed E-state index contributed by atoms with van der Waals surface area (Å²) in [5, 5.41) is 2.15. The first kappa shape index (κ1) is 16.8. The Bertz CT molecular complexity index is 778. The molecule has 3 rings (SSSR count). The van der Waals surface area contributed by atoms with Gasteiger partial charge in [-0.15, -0.1) is 0 Å². The number of hydrogen-bond donors (Lipinski definition) is 1. The van der Waals surface area contributed by atoms with Gasteiger partial charge in [-0.2, -0.15) is 0 Å². The number of hydrogen-bond acceptors (Lipinski definition) is 3. The number of rotatable bonds is 4. The van der Waals surface area contributed by atoms with E-state index in [0.29, 0.717) is 18.8 Å². The van der Waals surface area contributed by atoms with Crippen molar-refractivity contribution < 1.29 is 14.3 Å².